The number of nitrogens with one attached hydrogen (secondary N) is 2. The lowest BCUT2D eigenvalue weighted by atomic mass is 10.0. The predicted octanol–water partition coefficient (Wildman–Crippen LogP) is 2.59. The Morgan fingerprint density at radius 1 is 1.25 bits per heavy atom. The molecule has 1 atom stereocenters. The van der Waals surface area contributed by atoms with E-state index in [2.05, 4.69) is 27.4 Å². The molecule has 1 aliphatic carbocycles. The number of piperidine rings is 1. The Bertz CT molecular complexity index is 292. The largest absolute Gasteiger partial charge is 0.355 e. The van der Waals surface area contributed by atoms with E-state index < -0.39 is 0 Å². The van der Waals surface area contributed by atoms with Crippen LogP contribution < -0.4 is 10.6 Å². The molecule has 0 amide bonds. The predicted molar refractivity (Wildman–Crippen MR) is 97.1 cm³/mol. The second kappa shape index (κ2) is 9.82. The molecule has 0 aromatic rings. The highest BCUT2D eigenvalue weighted by atomic mass is 127. The van der Waals surface area contributed by atoms with E-state index in [1.54, 1.807) is 0 Å². The molecule has 118 valence electrons. The summed E-state index contributed by atoms with van der Waals surface area (Å²) in [6, 6.07) is 1.37. The number of aliphatic imine (C=N–C) groups is 1. The Kier molecular flexibility index (Phi) is 8.84. The van der Waals surface area contributed by atoms with Gasteiger partial charge < -0.3 is 10.6 Å². The monoisotopic (exact) mass is 394 g/mol. The lowest BCUT2D eigenvalue weighted by Crippen LogP contribution is -2.49. The second-order valence-electron chi connectivity index (χ2n) is 5.91. The van der Waals surface area contributed by atoms with Gasteiger partial charge in [0.05, 0.1) is 0 Å². The zero-order valence-corrected chi connectivity index (χ0v) is 15.4. The van der Waals surface area contributed by atoms with E-state index in [-0.39, 0.29) is 24.0 Å². The van der Waals surface area contributed by atoms with Crippen LogP contribution in [0.1, 0.15) is 51.9 Å². The van der Waals surface area contributed by atoms with E-state index in [0.29, 0.717) is 12.1 Å². The van der Waals surface area contributed by atoms with Crippen molar-refractivity contribution in [2.24, 2.45) is 4.99 Å². The summed E-state index contributed by atoms with van der Waals surface area (Å²) in [5.41, 5.74) is 0. The molecule has 4 nitrogen and oxygen atoms in total. The van der Waals surface area contributed by atoms with Crippen LogP contribution in [0.4, 0.5) is 0 Å². The summed E-state index contributed by atoms with van der Waals surface area (Å²) in [7, 11) is 1.87. The third kappa shape index (κ3) is 6.16. The summed E-state index contributed by atoms with van der Waals surface area (Å²) >= 11 is 0. The Labute approximate surface area is 141 Å². The highest BCUT2D eigenvalue weighted by Crippen LogP contribution is 2.19. The zero-order valence-electron chi connectivity index (χ0n) is 13.0. The first-order valence-electron chi connectivity index (χ1n) is 8.04. The van der Waals surface area contributed by atoms with Gasteiger partial charge in [0.15, 0.2) is 5.96 Å². The number of likely N-dealkylation sites (tertiary alicyclic amines) is 1. The van der Waals surface area contributed by atoms with Crippen LogP contribution >= 0.6 is 24.0 Å². The van der Waals surface area contributed by atoms with E-state index in [4.69, 9.17) is 0 Å². The molecule has 1 saturated heterocycles. The lowest BCUT2D eigenvalue weighted by molar-refractivity contribution is 0.147. The molecule has 1 heterocycles. The fourth-order valence-electron chi connectivity index (χ4n) is 2.78. The molecule has 1 unspecified atom stereocenters. The van der Waals surface area contributed by atoms with Gasteiger partial charge in [0.2, 0.25) is 0 Å². The van der Waals surface area contributed by atoms with Crippen molar-refractivity contribution in [3.05, 3.63) is 0 Å². The van der Waals surface area contributed by atoms with Crippen LogP contribution in [0.2, 0.25) is 0 Å². The van der Waals surface area contributed by atoms with Gasteiger partial charge in [-0.3, -0.25) is 9.89 Å². The molecule has 0 radical (unpaired) electrons. The van der Waals surface area contributed by atoms with Gasteiger partial charge in [-0.05, 0) is 45.2 Å². The van der Waals surface area contributed by atoms with Gasteiger partial charge in [-0.25, -0.2) is 0 Å². The normalized spacial score (nSPS) is 24.1. The van der Waals surface area contributed by atoms with Crippen LogP contribution in [0.25, 0.3) is 0 Å². The topological polar surface area (TPSA) is 39.7 Å². The maximum atomic E-state index is 4.32. The highest BCUT2D eigenvalue weighted by molar-refractivity contribution is 14.0. The molecule has 2 fully saturated rings. The van der Waals surface area contributed by atoms with Crippen LogP contribution in [0.3, 0.4) is 0 Å². The van der Waals surface area contributed by atoms with Gasteiger partial charge in [-0.2, -0.15) is 0 Å². The van der Waals surface area contributed by atoms with Crippen molar-refractivity contribution >= 4 is 29.9 Å². The first-order valence-corrected chi connectivity index (χ1v) is 8.04. The Morgan fingerprint density at radius 2 is 2.05 bits per heavy atom. The molecule has 2 aliphatic rings. The van der Waals surface area contributed by atoms with Crippen molar-refractivity contribution in [3.63, 3.8) is 0 Å². The van der Waals surface area contributed by atoms with Crippen molar-refractivity contribution in [2.45, 2.75) is 64.0 Å². The first kappa shape index (κ1) is 18.0. The Hall–Kier alpha value is -0.0400. The standard InChI is InChI=1S/C15H30N4.HI/c1-3-4-10-19-11-6-5-7-14(19)12-17-15(16-2)18-13-8-9-13;/h13-14H,3-12H2,1-2H3,(H2,16,17,18);1H. The van der Waals surface area contributed by atoms with E-state index in [0.717, 1.165) is 12.5 Å². The van der Waals surface area contributed by atoms with Gasteiger partial charge >= 0.3 is 0 Å². The van der Waals surface area contributed by atoms with Crippen LogP contribution in [-0.4, -0.2) is 49.6 Å². The number of unbranched alkanes of at least 4 members (excludes halogenated alkanes) is 1. The molecule has 0 aromatic carbocycles. The molecule has 2 rings (SSSR count). The summed E-state index contributed by atoms with van der Waals surface area (Å²) in [4.78, 5) is 6.99. The zero-order chi connectivity index (χ0) is 13.5. The van der Waals surface area contributed by atoms with E-state index in [1.165, 1.54) is 58.0 Å². The van der Waals surface area contributed by atoms with Crippen LogP contribution in [-0.2, 0) is 0 Å². The van der Waals surface area contributed by atoms with Crippen molar-refractivity contribution < 1.29 is 0 Å². The third-order valence-corrected chi connectivity index (χ3v) is 4.19. The number of hydrogen-bond donors (Lipinski definition) is 2. The number of hydrogen-bond acceptors (Lipinski definition) is 2. The summed E-state index contributed by atoms with van der Waals surface area (Å²) in [5.74, 6) is 0.989. The molecule has 0 spiro atoms. The molecule has 20 heavy (non-hydrogen) atoms. The van der Waals surface area contributed by atoms with E-state index >= 15 is 0 Å². The number of guanidine groups is 1. The SMILES string of the molecule is CCCCN1CCCCC1CNC(=NC)NC1CC1.I. The second-order valence-corrected chi connectivity index (χ2v) is 5.91. The molecule has 1 aliphatic heterocycles. The Balaban J connectivity index is 0.00000200. The van der Waals surface area contributed by atoms with Crippen molar-refractivity contribution in [3.8, 4) is 0 Å². The van der Waals surface area contributed by atoms with E-state index in [1.807, 2.05) is 7.05 Å². The molecule has 0 bridgehead atoms. The number of nitrogens with zero attached hydrogens (tertiary/aromatic N) is 2. The average molecular weight is 394 g/mol. The van der Waals surface area contributed by atoms with Crippen LogP contribution in [0.15, 0.2) is 4.99 Å². The van der Waals surface area contributed by atoms with Gasteiger partial charge in [0, 0.05) is 25.7 Å². The third-order valence-electron chi connectivity index (χ3n) is 4.19. The molecule has 1 saturated carbocycles. The molecule has 2 N–H and O–H groups in total. The van der Waals surface area contributed by atoms with Crippen molar-refractivity contribution in [1.82, 2.24) is 15.5 Å². The Morgan fingerprint density at radius 3 is 2.70 bits per heavy atom. The minimum absolute atomic E-state index is 0. The number of rotatable bonds is 6. The van der Waals surface area contributed by atoms with E-state index in [9.17, 15) is 0 Å². The first-order chi connectivity index (χ1) is 9.33. The van der Waals surface area contributed by atoms with Gasteiger partial charge in [-0.1, -0.05) is 19.8 Å². The van der Waals surface area contributed by atoms with Crippen molar-refractivity contribution in [1.29, 1.82) is 0 Å². The van der Waals surface area contributed by atoms with Crippen molar-refractivity contribution in [2.75, 3.05) is 26.7 Å². The molecular formula is C15H31IN4. The molecule has 0 aromatic heterocycles. The summed E-state index contributed by atoms with van der Waals surface area (Å²) in [6.07, 6.45) is 9.29. The molecular weight excluding hydrogens is 363 g/mol. The summed E-state index contributed by atoms with van der Waals surface area (Å²) in [5, 5.41) is 6.97. The fraction of sp³-hybridized carbons (Fsp3) is 0.933. The molecule has 5 heteroatoms. The quantitative estimate of drug-likeness (QED) is 0.413. The highest BCUT2D eigenvalue weighted by Gasteiger charge is 2.24. The average Bonchev–Trinajstić information content (AvgIpc) is 3.26. The van der Waals surface area contributed by atoms with Gasteiger partial charge in [0.1, 0.15) is 0 Å². The van der Waals surface area contributed by atoms with Crippen LogP contribution in [0.5, 0.6) is 0 Å². The maximum absolute atomic E-state index is 4.32. The summed E-state index contributed by atoms with van der Waals surface area (Å²) < 4.78 is 0. The minimum Gasteiger partial charge on any atom is -0.355 e. The smallest absolute Gasteiger partial charge is 0.191 e. The fourth-order valence-corrected chi connectivity index (χ4v) is 2.78. The van der Waals surface area contributed by atoms with Gasteiger partial charge in [-0.15, -0.1) is 24.0 Å². The summed E-state index contributed by atoms with van der Waals surface area (Å²) in [6.45, 7) is 5.85. The maximum Gasteiger partial charge on any atom is 0.191 e. The van der Waals surface area contributed by atoms with Crippen LogP contribution in [0, 0.1) is 0 Å². The minimum atomic E-state index is 0. The lowest BCUT2D eigenvalue weighted by Gasteiger charge is -2.36. The number of halogens is 1. The van der Waals surface area contributed by atoms with Gasteiger partial charge in [0.25, 0.3) is 0 Å².